The van der Waals surface area contributed by atoms with Gasteiger partial charge in [-0.2, -0.15) is 5.10 Å². The molecule has 0 aliphatic heterocycles. The Labute approximate surface area is 155 Å². The number of hydrogen-bond acceptors (Lipinski definition) is 3. The summed E-state index contributed by atoms with van der Waals surface area (Å²) in [6.07, 6.45) is 5.10. The molecule has 1 atom stereocenters. The first-order valence-corrected chi connectivity index (χ1v) is 8.59. The molecule has 2 N–H and O–H groups in total. The van der Waals surface area contributed by atoms with Crippen LogP contribution in [0.2, 0.25) is 5.02 Å². The highest BCUT2D eigenvalue weighted by atomic mass is 35.5. The van der Waals surface area contributed by atoms with Crippen molar-refractivity contribution < 1.29 is 4.39 Å². The minimum atomic E-state index is -0.287. The van der Waals surface area contributed by atoms with E-state index in [0.717, 1.165) is 27.7 Å². The Morgan fingerprint density at radius 1 is 1.12 bits per heavy atom. The van der Waals surface area contributed by atoms with Crippen molar-refractivity contribution in [3.8, 4) is 11.1 Å². The highest BCUT2D eigenvalue weighted by Gasteiger charge is 2.16. The third kappa shape index (κ3) is 3.02. The number of hydrogen-bond donors (Lipinski definition) is 2. The Morgan fingerprint density at radius 3 is 2.77 bits per heavy atom. The molecule has 0 saturated heterocycles. The topological polar surface area (TPSA) is 53.6 Å². The van der Waals surface area contributed by atoms with Crippen molar-refractivity contribution in [1.29, 1.82) is 0 Å². The Morgan fingerprint density at radius 2 is 1.96 bits per heavy atom. The molecule has 4 aromatic rings. The number of nitrogens with one attached hydrogen (secondary N) is 2. The summed E-state index contributed by atoms with van der Waals surface area (Å²) in [6.45, 7) is 1.91. The Hall–Kier alpha value is -2.92. The van der Waals surface area contributed by atoms with Gasteiger partial charge in [-0.3, -0.25) is 10.1 Å². The first-order valence-electron chi connectivity index (χ1n) is 8.22. The molecule has 0 unspecified atom stereocenters. The van der Waals surface area contributed by atoms with Gasteiger partial charge in [0, 0.05) is 28.9 Å². The van der Waals surface area contributed by atoms with Gasteiger partial charge < -0.3 is 5.32 Å². The van der Waals surface area contributed by atoms with Gasteiger partial charge in [-0.15, -0.1) is 0 Å². The zero-order chi connectivity index (χ0) is 18.1. The highest BCUT2D eigenvalue weighted by Crippen LogP contribution is 2.34. The van der Waals surface area contributed by atoms with Crippen LogP contribution < -0.4 is 5.32 Å². The van der Waals surface area contributed by atoms with Gasteiger partial charge in [0.1, 0.15) is 5.82 Å². The number of benzene rings is 2. The quantitative estimate of drug-likeness (QED) is 0.495. The lowest BCUT2D eigenvalue weighted by molar-refractivity contribution is 0.600. The van der Waals surface area contributed by atoms with Crippen LogP contribution in [0.15, 0.2) is 61.1 Å². The number of nitrogens with zero attached hydrogens (tertiary/aromatic N) is 2. The van der Waals surface area contributed by atoms with Gasteiger partial charge in [0.15, 0.2) is 0 Å². The minimum Gasteiger partial charge on any atom is -0.377 e. The highest BCUT2D eigenvalue weighted by molar-refractivity contribution is 6.34. The number of para-hydroxylation sites is 1. The van der Waals surface area contributed by atoms with Gasteiger partial charge in [0.2, 0.25) is 0 Å². The number of halogens is 2. The second kappa shape index (κ2) is 6.77. The molecule has 0 aliphatic rings. The molecule has 0 bridgehead atoms. The van der Waals surface area contributed by atoms with Crippen LogP contribution in [0.25, 0.3) is 22.0 Å². The van der Waals surface area contributed by atoms with Crippen LogP contribution >= 0.6 is 11.6 Å². The molecular weight excluding hydrogens is 351 g/mol. The molecule has 26 heavy (non-hydrogen) atoms. The van der Waals surface area contributed by atoms with Crippen molar-refractivity contribution in [2.45, 2.75) is 13.0 Å². The van der Waals surface area contributed by atoms with Crippen LogP contribution in [0.3, 0.4) is 0 Å². The maximum atomic E-state index is 14.5. The molecule has 2 heterocycles. The Kier molecular flexibility index (Phi) is 4.31. The molecule has 0 radical (unpaired) electrons. The Balaban J connectivity index is 1.72. The molecule has 130 valence electrons. The van der Waals surface area contributed by atoms with Crippen LogP contribution in [-0.4, -0.2) is 15.2 Å². The molecule has 0 spiro atoms. The number of rotatable bonds is 4. The summed E-state index contributed by atoms with van der Waals surface area (Å²) in [6, 6.07) is 12.5. The fraction of sp³-hybridized carbons (Fsp3) is 0.100. The lowest BCUT2D eigenvalue weighted by Crippen LogP contribution is -2.10. The van der Waals surface area contributed by atoms with Crippen LogP contribution in [0.1, 0.15) is 18.5 Å². The minimum absolute atomic E-state index is 0.272. The summed E-state index contributed by atoms with van der Waals surface area (Å²) in [5.74, 6) is -0.272. The molecule has 0 saturated carbocycles. The van der Waals surface area contributed by atoms with E-state index in [1.54, 1.807) is 24.7 Å². The van der Waals surface area contributed by atoms with Crippen molar-refractivity contribution in [3.63, 3.8) is 0 Å². The monoisotopic (exact) mass is 366 g/mol. The van der Waals surface area contributed by atoms with Gasteiger partial charge in [0.25, 0.3) is 0 Å². The molecule has 0 fully saturated rings. The predicted octanol–water partition coefficient (Wildman–Crippen LogP) is 5.59. The second-order valence-electron chi connectivity index (χ2n) is 6.09. The van der Waals surface area contributed by atoms with E-state index in [-0.39, 0.29) is 11.9 Å². The normalized spacial score (nSPS) is 12.3. The largest absolute Gasteiger partial charge is 0.377 e. The maximum Gasteiger partial charge on any atom is 0.128 e. The van der Waals surface area contributed by atoms with Gasteiger partial charge in [0.05, 0.1) is 28.5 Å². The first kappa shape index (κ1) is 16.5. The standard InChI is InChI=1S/C20H16ClFN4/c1-12(16-8-13(6-7-18(16)22)14-9-24-25-10-14)26-20-15-4-2-3-5-19(15)23-11-17(20)21/h2-12H,1H3,(H,23,26)(H,24,25)/t12-/m1/s1. The average Bonchev–Trinajstić information content (AvgIpc) is 3.19. The van der Waals surface area contributed by atoms with Gasteiger partial charge in [-0.25, -0.2) is 4.39 Å². The molecule has 4 rings (SSSR count). The number of aromatic amines is 1. The number of anilines is 1. The number of fused-ring (bicyclic) bond motifs is 1. The second-order valence-corrected chi connectivity index (χ2v) is 6.49. The summed E-state index contributed by atoms with van der Waals surface area (Å²) in [4.78, 5) is 4.33. The third-order valence-electron chi connectivity index (χ3n) is 4.38. The first-order chi connectivity index (χ1) is 12.6. The van der Waals surface area contributed by atoms with Gasteiger partial charge >= 0.3 is 0 Å². The molecule has 2 aromatic heterocycles. The van der Waals surface area contributed by atoms with E-state index >= 15 is 0 Å². The van der Waals surface area contributed by atoms with Crippen molar-refractivity contribution in [2.75, 3.05) is 5.32 Å². The van der Waals surface area contributed by atoms with Crippen LogP contribution in [-0.2, 0) is 0 Å². The fourth-order valence-corrected chi connectivity index (χ4v) is 3.23. The van der Waals surface area contributed by atoms with E-state index in [1.807, 2.05) is 37.3 Å². The van der Waals surface area contributed by atoms with Crippen molar-refractivity contribution in [3.05, 3.63) is 77.5 Å². The number of aromatic nitrogens is 3. The summed E-state index contributed by atoms with van der Waals surface area (Å²) in [5, 5.41) is 11.5. The predicted molar refractivity (Wildman–Crippen MR) is 103 cm³/mol. The lowest BCUT2D eigenvalue weighted by Gasteiger charge is -2.19. The van der Waals surface area contributed by atoms with E-state index in [0.29, 0.717) is 10.6 Å². The summed E-state index contributed by atoms with van der Waals surface area (Å²) < 4.78 is 14.5. The molecule has 4 nitrogen and oxygen atoms in total. The smallest absolute Gasteiger partial charge is 0.128 e. The van der Waals surface area contributed by atoms with Crippen molar-refractivity contribution in [2.24, 2.45) is 0 Å². The van der Waals surface area contributed by atoms with E-state index in [2.05, 4.69) is 20.5 Å². The van der Waals surface area contributed by atoms with E-state index in [4.69, 9.17) is 11.6 Å². The third-order valence-corrected chi connectivity index (χ3v) is 4.67. The van der Waals surface area contributed by atoms with Crippen LogP contribution in [0.4, 0.5) is 10.1 Å². The summed E-state index contributed by atoms with van der Waals surface area (Å²) in [5.41, 5.74) is 3.94. The van der Waals surface area contributed by atoms with Gasteiger partial charge in [-0.1, -0.05) is 35.9 Å². The zero-order valence-corrected chi connectivity index (χ0v) is 14.8. The molecule has 0 aliphatic carbocycles. The molecule has 2 aromatic carbocycles. The lowest BCUT2D eigenvalue weighted by atomic mass is 10.0. The fourth-order valence-electron chi connectivity index (χ4n) is 3.02. The van der Waals surface area contributed by atoms with E-state index < -0.39 is 0 Å². The maximum absolute atomic E-state index is 14.5. The van der Waals surface area contributed by atoms with E-state index in [1.165, 1.54) is 6.07 Å². The molecule has 0 amide bonds. The van der Waals surface area contributed by atoms with Crippen LogP contribution in [0, 0.1) is 5.82 Å². The summed E-state index contributed by atoms with van der Waals surface area (Å²) >= 11 is 6.36. The zero-order valence-electron chi connectivity index (χ0n) is 14.0. The number of pyridine rings is 1. The average molecular weight is 367 g/mol. The summed E-state index contributed by atoms with van der Waals surface area (Å²) in [7, 11) is 0. The van der Waals surface area contributed by atoms with E-state index in [9.17, 15) is 4.39 Å². The van der Waals surface area contributed by atoms with Crippen molar-refractivity contribution >= 4 is 28.2 Å². The molecular formula is C20H16ClFN4. The van der Waals surface area contributed by atoms with Crippen molar-refractivity contribution in [1.82, 2.24) is 15.2 Å². The number of H-pyrrole nitrogens is 1. The van der Waals surface area contributed by atoms with Gasteiger partial charge in [-0.05, 0) is 30.7 Å². The van der Waals surface area contributed by atoms with Crippen LogP contribution in [0.5, 0.6) is 0 Å². The Bertz CT molecular complexity index is 1060. The SMILES string of the molecule is C[C@@H](Nc1c(Cl)cnc2ccccc12)c1cc(-c2cn[nH]c2)ccc1F. The molecule has 6 heteroatoms.